The van der Waals surface area contributed by atoms with E-state index in [1.807, 2.05) is 13.0 Å². The summed E-state index contributed by atoms with van der Waals surface area (Å²) in [6.07, 6.45) is 0. The molecule has 0 radical (unpaired) electrons. The zero-order valence-electron chi connectivity index (χ0n) is 8.28. The van der Waals surface area contributed by atoms with E-state index in [2.05, 4.69) is 0 Å². The molecular formula is C10H12N2O2. The van der Waals surface area contributed by atoms with Crippen molar-refractivity contribution in [3.05, 3.63) is 33.7 Å². The minimum atomic E-state index is -0.246. The van der Waals surface area contributed by atoms with Crippen molar-refractivity contribution in [1.82, 2.24) is 4.57 Å². The molecule has 0 saturated carbocycles. The van der Waals surface area contributed by atoms with Crippen molar-refractivity contribution in [1.29, 1.82) is 5.26 Å². The maximum Gasteiger partial charge on any atom is 0.268 e. The molecule has 1 aromatic rings. The van der Waals surface area contributed by atoms with Crippen molar-refractivity contribution in [2.45, 2.75) is 13.5 Å². The van der Waals surface area contributed by atoms with E-state index < -0.39 is 0 Å². The highest BCUT2D eigenvalue weighted by molar-refractivity contribution is 5.27. The average Bonchev–Trinajstić information content (AvgIpc) is 2.18. The molecule has 74 valence electrons. The van der Waals surface area contributed by atoms with Gasteiger partial charge >= 0.3 is 0 Å². The number of nitrogens with zero attached hydrogens (tertiary/aromatic N) is 2. The summed E-state index contributed by atoms with van der Waals surface area (Å²) < 4.78 is 6.43. The van der Waals surface area contributed by atoms with Gasteiger partial charge in [-0.2, -0.15) is 5.26 Å². The van der Waals surface area contributed by atoms with Crippen LogP contribution < -0.4 is 5.56 Å². The first-order chi connectivity index (χ1) is 6.70. The van der Waals surface area contributed by atoms with Crippen LogP contribution in [0.4, 0.5) is 0 Å². The van der Waals surface area contributed by atoms with Crippen molar-refractivity contribution in [2.75, 3.05) is 13.7 Å². The summed E-state index contributed by atoms with van der Waals surface area (Å²) in [6.45, 7) is 2.78. The predicted octanol–water partition coefficient (Wildman–Crippen LogP) is 0.675. The molecule has 1 heterocycles. The standard InChI is InChI=1S/C10H12N2O2/c1-8-3-4-9(7-11)10(13)12(8)5-6-14-2/h3-4H,5-6H2,1-2H3. The molecule has 0 aliphatic heterocycles. The molecular weight excluding hydrogens is 180 g/mol. The molecule has 0 aliphatic rings. The van der Waals surface area contributed by atoms with Crippen LogP contribution in [0.5, 0.6) is 0 Å². The maximum absolute atomic E-state index is 11.6. The normalized spacial score (nSPS) is 9.79. The molecule has 0 aromatic carbocycles. The van der Waals surface area contributed by atoms with Crippen LogP contribution in [0.2, 0.25) is 0 Å². The second-order valence-corrected chi connectivity index (χ2v) is 2.95. The van der Waals surface area contributed by atoms with Gasteiger partial charge in [0.15, 0.2) is 0 Å². The quantitative estimate of drug-likeness (QED) is 0.707. The molecule has 0 amide bonds. The van der Waals surface area contributed by atoms with Crippen molar-refractivity contribution < 1.29 is 4.74 Å². The number of hydrogen-bond donors (Lipinski definition) is 0. The van der Waals surface area contributed by atoms with Crippen LogP contribution in [0.15, 0.2) is 16.9 Å². The molecule has 0 bridgehead atoms. The molecule has 0 saturated heterocycles. The highest BCUT2D eigenvalue weighted by Gasteiger charge is 2.04. The Hall–Kier alpha value is -1.60. The Morgan fingerprint density at radius 3 is 2.86 bits per heavy atom. The van der Waals surface area contributed by atoms with Gasteiger partial charge in [-0.15, -0.1) is 0 Å². The third kappa shape index (κ3) is 2.01. The Labute approximate surface area is 82.4 Å². The van der Waals surface area contributed by atoms with Gasteiger partial charge in [0, 0.05) is 19.3 Å². The van der Waals surface area contributed by atoms with Crippen LogP contribution in [0.25, 0.3) is 0 Å². The van der Waals surface area contributed by atoms with Gasteiger partial charge in [-0.1, -0.05) is 0 Å². The minimum absolute atomic E-state index is 0.173. The second-order valence-electron chi connectivity index (χ2n) is 2.95. The molecule has 1 rings (SSSR count). The highest BCUT2D eigenvalue weighted by Crippen LogP contribution is 1.97. The molecule has 0 aliphatic carbocycles. The average molecular weight is 192 g/mol. The Morgan fingerprint density at radius 2 is 2.29 bits per heavy atom. The number of rotatable bonds is 3. The third-order valence-electron chi connectivity index (χ3n) is 2.03. The van der Waals surface area contributed by atoms with Crippen LogP contribution in [0, 0.1) is 18.3 Å². The molecule has 1 aromatic heterocycles. The van der Waals surface area contributed by atoms with E-state index in [1.54, 1.807) is 23.8 Å². The van der Waals surface area contributed by atoms with Gasteiger partial charge in [0.1, 0.15) is 11.6 Å². The molecule has 0 spiro atoms. The van der Waals surface area contributed by atoms with Crippen LogP contribution in [-0.2, 0) is 11.3 Å². The van der Waals surface area contributed by atoms with Gasteiger partial charge in [0.2, 0.25) is 0 Å². The molecule has 0 atom stereocenters. The lowest BCUT2D eigenvalue weighted by Crippen LogP contribution is -2.26. The number of methoxy groups -OCH3 is 1. The summed E-state index contributed by atoms with van der Waals surface area (Å²) in [5, 5.41) is 8.66. The van der Waals surface area contributed by atoms with Crippen LogP contribution in [0.3, 0.4) is 0 Å². The molecule has 4 heteroatoms. The Morgan fingerprint density at radius 1 is 1.57 bits per heavy atom. The highest BCUT2D eigenvalue weighted by atomic mass is 16.5. The van der Waals surface area contributed by atoms with E-state index in [0.29, 0.717) is 13.2 Å². The van der Waals surface area contributed by atoms with Crippen molar-refractivity contribution in [3.8, 4) is 6.07 Å². The van der Waals surface area contributed by atoms with Crippen molar-refractivity contribution >= 4 is 0 Å². The van der Waals surface area contributed by atoms with Gasteiger partial charge < -0.3 is 9.30 Å². The Balaban J connectivity index is 3.14. The molecule has 0 unspecified atom stereocenters. The maximum atomic E-state index is 11.6. The van der Waals surface area contributed by atoms with Crippen LogP contribution in [-0.4, -0.2) is 18.3 Å². The van der Waals surface area contributed by atoms with Gasteiger partial charge in [0.05, 0.1) is 6.61 Å². The lowest BCUT2D eigenvalue weighted by Gasteiger charge is -2.08. The lowest BCUT2D eigenvalue weighted by molar-refractivity contribution is 0.185. The van der Waals surface area contributed by atoms with Gasteiger partial charge in [-0.05, 0) is 19.1 Å². The third-order valence-corrected chi connectivity index (χ3v) is 2.03. The summed E-state index contributed by atoms with van der Waals surface area (Å²) in [5.74, 6) is 0. The summed E-state index contributed by atoms with van der Waals surface area (Å²) in [7, 11) is 1.58. The zero-order chi connectivity index (χ0) is 10.6. The van der Waals surface area contributed by atoms with E-state index in [9.17, 15) is 4.79 Å². The topological polar surface area (TPSA) is 55.0 Å². The first-order valence-electron chi connectivity index (χ1n) is 4.30. The fraction of sp³-hybridized carbons (Fsp3) is 0.400. The summed E-state index contributed by atoms with van der Waals surface area (Å²) >= 11 is 0. The SMILES string of the molecule is COCCn1c(C)ccc(C#N)c1=O. The van der Waals surface area contributed by atoms with E-state index in [1.165, 1.54) is 0 Å². The van der Waals surface area contributed by atoms with E-state index >= 15 is 0 Å². The van der Waals surface area contributed by atoms with Crippen LogP contribution in [0.1, 0.15) is 11.3 Å². The van der Waals surface area contributed by atoms with E-state index in [0.717, 1.165) is 5.69 Å². The number of pyridine rings is 1. The summed E-state index contributed by atoms with van der Waals surface area (Å²) in [4.78, 5) is 11.6. The number of nitriles is 1. The van der Waals surface area contributed by atoms with Gasteiger partial charge in [-0.25, -0.2) is 0 Å². The van der Waals surface area contributed by atoms with Gasteiger partial charge in [0.25, 0.3) is 5.56 Å². The lowest BCUT2D eigenvalue weighted by atomic mass is 10.2. The van der Waals surface area contributed by atoms with Crippen LogP contribution >= 0.6 is 0 Å². The molecule has 0 N–H and O–H groups in total. The fourth-order valence-electron chi connectivity index (χ4n) is 1.22. The van der Waals surface area contributed by atoms with E-state index in [4.69, 9.17) is 10.00 Å². The first kappa shape index (κ1) is 10.5. The molecule has 14 heavy (non-hydrogen) atoms. The van der Waals surface area contributed by atoms with Crippen molar-refractivity contribution in [3.63, 3.8) is 0 Å². The Bertz CT molecular complexity index is 415. The molecule has 4 nitrogen and oxygen atoms in total. The zero-order valence-corrected chi connectivity index (χ0v) is 8.28. The monoisotopic (exact) mass is 192 g/mol. The smallest absolute Gasteiger partial charge is 0.268 e. The van der Waals surface area contributed by atoms with Crippen molar-refractivity contribution in [2.24, 2.45) is 0 Å². The minimum Gasteiger partial charge on any atom is -0.383 e. The van der Waals surface area contributed by atoms with Gasteiger partial charge in [-0.3, -0.25) is 4.79 Å². The summed E-state index contributed by atoms with van der Waals surface area (Å²) in [5.41, 5.74) is 0.766. The fourth-order valence-corrected chi connectivity index (χ4v) is 1.22. The molecule has 0 fully saturated rings. The number of aryl methyl sites for hydroxylation is 1. The van der Waals surface area contributed by atoms with E-state index in [-0.39, 0.29) is 11.1 Å². The second kappa shape index (κ2) is 4.58. The summed E-state index contributed by atoms with van der Waals surface area (Å²) in [6, 6.07) is 5.17. The Kier molecular flexibility index (Phi) is 3.43. The predicted molar refractivity (Wildman–Crippen MR) is 52.0 cm³/mol. The number of ether oxygens (including phenoxy) is 1. The first-order valence-corrected chi connectivity index (χ1v) is 4.30. The number of aromatic nitrogens is 1. The largest absolute Gasteiger partial charge is 0.383 e. The number of hydrogen-bond acceptors (Lipinski definition) is 3.